The molecule has 0 aliphatic carbocycles. The Bertz CT molecular complexity index is 517. The summed E-state index contributed by atoms with van der Waals surface area (Å²) in [6.45, 7) is 3.10. The van der Waals surface area contributed by atoms with Crippen molar-refractivity contribution in [2.45, 2.75) is 13.3 Å². The van der Waals surface area contributed by atoms with E-state index in [1.807, 2.05) is 24.3 Å². The normalized spacial score (nSPS) is 10.6. The summed E-state index contributed by atoms with van der Waals surface area (Å²) < 4.78 is 5.45. The molecule has 0 saturated carbocycles. The van der Waals surface area contributed by atoms with Crippen LogP contribution in [0.5, 0.6) is 5.88 Å². The molecular weight excluding hydrogens is 230 g/mol. The van der Waals surface area contributed by atoms with E-state index in [2.05, 4.69) is 22.2 Å². The Morgan fingerprint density at radius 1 is 1.28 bits per heavy atom. The summed E-state index contributed by atoms with van der Waals surface area (Å²) in [5, 5.41) is 12.8. The van der Waals surface area contributed by atoms with Gasteiger partial charge < -0.3 is 15.2 Å². The van der Waals surface area contributed by atoms with Crippen LogP contribution in [0.3, 0.4) is 0 Å². The monoisotopic (exact) mass is 247 g/mol. The molecule has 0 aliphatic rings. The van der Waals surface area contributed by atoms with Crippen LogP contribution in [0.2, 0.25) is 0 Å². The molecule has 5 nitrogen and oxygen atoms in total. The fourth-order valence-electron chi connectivity index (χ4n) is 1.62. The van der Waals surface area contributed by atoms with Crippen LogP contribution in [-0.2, 0) is 0 Å². The number of hydrogen-bond acceptors (Lipinski definition) is 5. The molecule has 1 aromatic heterocycles. The van der Waals surface area contributed by atoms with E-state index in [9.17, 15) is 0 Å². The number of aromatic nitrogens is 2. The van der Waals surface area contributed by atoms with Crippen molar-refractivity contribution in [2.75, 3.05) is 25.1 Å². The van der Waals surface area contributed by atoms with Gasteiger partial charge in [-0.05, 0) is 18.6 Å². The van der Waals surface area contributed by atoms with Crippen molar-refractivity contribution in [1.82, 2.24) is 9.97 Å². The van der Waals surface area contributed by atoms with Crippen molar-refractivity contribution >= 4 is 16.9 Å². The van der Waals surface area contributed by atoms with Gasteiger partial charge in [0, 0.05) is 6.54 Å². The number of rotatable bonds is 6. The van der Waals surface area contributed by atoms with Gasteiger partial charge in [-0.1, -0.05) is 19.1 Å². The largest absolute Gasteiger partial charge is 0.475 e. The van der Waals surface area contributed by atoms with Gasteiger partial charge in [0.15, 0.2) is 0 Å². The van der Waals surface area contributed by atoms with Crippen LogP contribution in [0.15, 0.2) is 24.3 Å². The van der Waals surface area contributed by atoms with Gasteiger partial charge in [0.1, 0.15) is 6.61 Å². The molecule has 0 radical (unpaired) electrons. The molecular formula is C13H17N3O2. The van der Waals surface area contributed by atoms with Gasteiger partial charge in [0.2, 0.25) is 11.8 Å². The van der Waals surface area contributed by atoms with E-state index >= 15 is 0 Å². The molecule has 0 aliphatic heterocycles. The summed E-state index contributed by atoms with van der Waals surface area (Å²) in [7, 11) is 0. The SMILES string of the molecule is CCCNc1nc(OCCO)c2ccccc2n1. The summed E-state index contributed by atoms with van der Waals surface area (Å²) in [4.78, 5) is 8.74. The standard InChI is InChI=1S/C13H17N3O2/c1-2-7-14-13-15-11-6-4-3-5-10(11)12(16-13)18-9-8-17/h3-6,17H,2,7-9H2,1H3,(H,14,15,16). The minimum Gasteiger partial charge on any atom is -0.475 e. The lowest BCUT2D eigenvalue weighted by Gasteiger charge is -2.10. The van der Waals surface area contributed by atoms with Crippen LogP contribution >= 0.6 is 0 Å². The molecule has 0 saturated heterocycles. The maximum absolute atomic E-state index is 8.83. The third-order valence-electron chi connectivity index (χ3n) is 2.43. The molecule has 1 heterocycles. The Morgan fingerprint density at radius 2 is 2.11 bits per heavy atom. The third-order valence-corrected chi connectivity index (χ3v) is 2.43. The molecule has 96 valence electrons. The van der Waals surface area contributed by atoms with Gasteiger partial charge >= 0.3 is 0 Å². The predicted octanol–water partition coefficient (Wildman–Crippen LogP) is 1.82. The highest BCUT2D eigenvalue weighted by Gasteiger charge is 2.07. The summed E-state index contributed by atoms with van der Waals surface area (Å²) in [5.41, 5.74) is 0.832. The number of nitrogens with one attached hydrogen (secondary N) is 1. The first kappa shape index (κ1) is 12.6. The number of benzene rings is 1. The van der Waals surface area contributed by atoms with Crippen molar-refractivity contribution in [1.29, 1.82) is 0 Å². The summed E-state index contributed by atoms with van der Waals surface area (Å²) in [6, 6.07) is 7.66. The van der Waals surface area contributed by atoms with E-state index in [4.69, 9.17) is 9.84 Å². The lowest BCUT2D eigenvalue weighted by molar-refractivity contribution is 0.198. The maximum Gasteiger partial charge on any atom is 0.226 e. The summed E-state index contributed by atoms with van der Waals surface area (Å²) in [5.74, 6) is 1.07. The Balaban J connectivity index is 2.36. The van der Waals surface area contributed by atoms with E-state index in [0.29, 0.717) is 11.8 Å². The zero-order chi connectivity index (χ0) is 12.8. The molecule has 0 unspecified atom stereocenters. The van der Waals surface area contributed by atoms with Crippen molar-refractivity contribution in [3.63, 3.8) is 0 Å². The van der Waals surface area contributed by atoms with Crippen LogP contribution in [0, 0.1) is 0 Å². The average Bonchev–Trinajstić information content (AvgIpc) is 2.42. The van der Waals surface area contributed by atoms with E-state index in [1.54, 1.807) is 0 Å². The Kier molecular flexibility index (Phi) is 4.30. The number of anilines is 1. The van der Waals surface area contributed by atoms with Gasteiger partial charge in [-0.15, -0.1) is 0 Å². The molecule has 0 amide bonds. The highest BCUT2D eigenvalue weighted by atomic mass is 16.5. The Morgan fingerprint density at radius 3 is 2.89 bits per heavy atom. The molecule has 0 bridgehead atoms. The number of ether oxygens (including phenoxy) is 1. The number of hydrogen-bond donors (Lipinski definition) is 2. The number of aliphatic hydroxyl groups excluding tert-OH is 1. The van der Waals surface area contributed by atoms with E-state index in [0.717, 1.165) is 23.9 Å². The molecule has 2 rings (SSSR count). The van der Waals surface area contributed by atoms with Gasteiger partial charge in [-0.3, -0.25) is 0 Å². The van der Waals surface area contributed by atoms with Crippen LogP contribution in [0.4, 0.5) is 5.95 Å². The molecule has 1 aromatic carbocycles. The zero-order valence-electron chi connectivity index (χ0n) is 10.4. The zero-order valence-corrected chi connectivity index (χ0v) is 10.4. The van der Waals surface area contributed by atoms with Crippen molar-refractivity contribution in [3.05, 3.63) is 24.3 Å². The molecule has 2 aromatic rings. The summed E-state index contributed by atoms with van der Waals surface area (Å²) >= 11 is 0. The minimum atomic E-state index is -0.0317. The maximum atomic E-state index is 8.83. The predicted molar refractivity (Wildman–Crippen MR) is 70.9 cm³/mol. The van der Waals surface area contributed by atoms with Gasteiger partial charge in [-0.2, -0.15) is 4.98 Å². The highest BCUT2D eigenvalue weighted by molar-refractivity contribution is 5.84. The third kappa shape index (κ3) is 2.87. The second-order valence-electron chi connectivity index (χ2n) is 3.87. The first-order chi connectivity index (χ1) is 8.85. The quantitative estimate of drug-likeness (QED) is 0.815. The fourth-order valence-corrected chi connectivity index (χ4v) is 1.62. The van der Waals surface area contributed by atoms with Crippen molar-refractivity contribution < 1.29 is 9.84 Å². The summed E-state index contributed by atoms with van der Waals surface area (Å²) in [6.07, 6.45) is 1.00. The van der Waals surface area contributed by atoms with Gasteiger partial charge in [0.05, 0.1) is 17.5 Å². The van der Waals surface area contributed by atoms with E-state index in [-0.39, 0.29) is 13.2 Å². The lowest BCUT2D eigenvalue weighted by Crippen LogP contribution is -2.08. The lowest BCUT2D eigenvalue weighted by atomic mass is 10.2. The van der Waals surface area contributed by atoms with Crippen LogP contribution < -0.4 is 10.1 Å². The molecule has 0 fully saturated rings. The van der Waals surface area contributed by atoms with Crippen LogP contribution in [0.25, 0.3) is 10.9 Å². The molecule has 2 N–H and O–H groups in total. The first-order valence-electron chi connectivity index (χ1n) is 6.09. The second kappa shape index (κ2) is 6.16. The van der Waals surface area contributed by atoms with Gasteiger partial charge in [0.25, 0.3) is 0 Å². The number of aliphatic hydroxyl groups is 1. The molecule has 0 atom stereocenters. The fraction of sp³-hybridized carbons (Fsp3) is 0.385. The van der Waals surface area contributed by atoms with Gasteiger partial charge in [-0.25, -0.2) is 4.98 Å². The minimum absolute atomic E-state index is 0.0317. The smallest absolute Gasteiger partial charge is 0.226 e. The van der Waals surface area contributed by atoms with Crippen LogP contribution in [0.1, 0.15) is 13.3 Å². The number of nitrogens with zero attached hydrogens (tertiary/aromatic N) is 2. The number of fused-ring (bicyclic) bond motifs is 1. The Labute approximate surface area is 106 Å². The highest BCUT2D eigenvalue weighted by Crippen LogP contribution is 2.23. The Hall–Kier alpha value is -1.88. The van der Waals surface area contributed by atoms with Crippen molar-refractivity contribution in [2.24, 2.45) is 0 Å². The second-order valence-corrected chi connectivity index (χ2v) is 3.87. The van der Waals surface area contributed by atoms with Crippen LogP contribution in [-0.4, -0.2) is 34.8 Å². The average molecular weight is 247 g/mol. The topological polar surface area (TPSA) is 67.3 Å². The molecule has 5 heteroatoms. The van der Waals surface area contributed by atoms with Crippen molar-refractivity contribution in [3.8, 4) is 5.88 Å². The number of para-hydroxylation sites is 1. The van der Waals surface area contributed by atoms with E-state index < -0.39 is 0 Å². The first-order valence-corrected chi connectivity index (χ1v) is 6.09. The van der Waals surface area contributed by atoms with E-state index in [1.165, 1.54) is 0 Å². The molecule has 18 heavy (non-hydrogen) atoms. The molecule has 0 spiro atoms.